The minimum Gasteiger partial charge on any atom is -0.438 e. The zero-order chi connectivity index (χ0) is 8.58. The molecule has 0 aromatic heterocycles. The quantitative estimate of drug-likeness (QED) is 0.268. The normalized spacial score (nSPS) is 13.1. The Balaban J connectivity index is 0. The molecule has 0 aromatic carbocycles. The molecule has 0 radical (unpaired) electrons. The Bertz CT molecular complexity index is 97.8. The Morgan fingerprint density at radius 3 is 0.909 bits per heavy atom. The molecule has 62 valence electrons. The van der Waals surface area contributed by atoms with E-state index in [4.69, 9.17) is 0 Å². The molecule has 0 aliphatic carbocycles. The molecule has 0 saturated heterocycles. The van der Waals surface area contributed by atoms with Gasteiger partial charge in [-0.3, -0.25) is 0 Å². The van der Waals surface area contributed by atoms with Gasteiger partial charge in [-0.1, -0.05) is 0 Å². The van der Waals surface area contributed by atoms with Gasteiger partial charge in [0.2, 0.25) is 0 Å². The standard InChI is InChI=1S/C3F7.Li/c4-1(2(5,6)7)3(8,9)10;/q-1;+1. The Morgan fingerprint density at radius 2 is 0.909 bits per heavy atom. The SMILES string of the molecule is F[C-](C(F)(F)F)C(F)(F)F.[Li+]. The Morgan fingerprint density at radius 1 is 0.727 bits per heavy atom. The number of hydrogen-bond donors (Lipinski definition) is 0. The van der Waals surface area contributed by atoms with Crippen LogP contribution in [0.1, 0.15) is 0 Å². The van der Waals surface area contributed by atoms with Crippen LogP contribution in [-0.4, -0.2) is 12.4 Å². The summed E-state index contributed by atoms with van der Waals surface area (Å²) in [6.07, 6.45) is -15.8. The van der Waals surface area contributed by atoms with E-state index in [-0.39, 0.29) is 18.9 Å². The van der Waals surface area contributed by atoms with Crippen molar-refractivity contribution in [3.05, 3.63) is 6.17 Å². The minimum atomic E-state index is -5.93. The smallest absolute Gasteiger partial charge is 0.438 e. The molecule has 0 nitrogen and oxygen atoms in total. The molecule has 0 fully saturated rings. The summed E-state index contributed by atoms with van der Waals surface area (Å²) in [5.41, 5.74) is 0. The second kappa shape index (κ2) is 3.67. The second-order valence-electron chi connectivity index (χ2n) is 1.31. The van der Waals surface area contributed by atoms with Gasteiger partial charge < -0.3 is 4.39 Å². The molecule has 0 bridgehead atoms. The fraction of sp³-hybridized carbons (Fsp3) is 0.667. The van der Waals surface area contributed by atoms with Crippen LogP contribution in [0.25, 0.3) is 0 Å². The molecule has 0 spiro atoms. The van der Waals surface area contributed by atoms with Crippen molar-refractivity contribution >= 4 is 0 Å². The maximum atomic E-state index is 11.1. The summed E-state index contributed by atoms with van der Waals surface area (Å²) >= 11 is 0. The molecule has 0 aliphatic rings. The van der Waals surface area contributed by atoms with Crippen molar-refractivity contribution in [3.63, 3.8) is 0 Å². The summed E-state index contributed by atoms with van der Waals surface area (Å²) in [5.74, 6) is 0. The Labute approximate surface area is 68.9 Å². The molecule has 0 unspecified atom stereocenters. The van der Waals surface area contributed by atoms with E-state index in [1.54, 1.807) is 0 Å². The predicted octanol–water partition coefficient (Wildman–Crippen LogP) is -0.384. The van der Waals surface area contributed by atoms with Gasteiger partial charge in [-0.05, 0) is 0 Å². The third kappa shape index (κ3) is 4.53. The van der Waals surface area contributed by atoms with E-state index in [0.29, 0.717) is 0 Å². The first-order valence-corrected chi connectivity index (χ1v) is 1.82. The van der Waals surface area contributed by atoms with Crippen molar-refractivity contribution in [3.8, 4) is 0 Å². The van der Waals surface area contributed by atoms with E-state index in [1.807, 2.05) is 0 Å². The predicted molar refractivity (Wildman–Crippen MR) is 16.5 cm³/mol. The zero-order valence-corrected chi connectivity index (χ0v) is 5.15. The van der Waals surface area contributed by atoms with Crippen LogP contribution < -0.4 is 18.9 Å². The fourth-order valence-electron chi connectivity index (χ4n) is 0.161. The van der Waals surface area contributed by atoms with E-state index in [1.165, 1.54) is 0 Å². The van der Waals surface area contributed by atoms with Gasteiger partial charge in [0.25, 0.3) is 0 Å². The number of halogens is 7. The summed E-state index contributed by atoms with van der Waals surface area (Å²) in [5, 5.41) is 0. The molecule has 0 N–H and O–H groups in total. The van der Waals surface area contributed by atoms with E-state index in [9.17, 15) is 30.7 Å². The van der Waals surface area contributed by atoms with Gasteiger partial charge in [0.1, 0.15) is 0 Å². The van der Waals surface area contributed by atoms with Gasteiger partial charge in [-0.15, -0.1) is 0 Å². The van der Waals surface area contributed by atoms with Gasteiger partial charge in [-0.25, -0.2) is 26.3 Å². The Hall–Kier alpha value is 0.107. The van der Waals surface area contributed by atoms with Gasteiger partial charge >= 0.3 is 31.2 Å². The van der Waals surface area contributed by atoms with Crippen molar-refractivity contribution in [1.82, 2.24) is 0 Å². The summed E-state index contributed by atoms with van der Waals surface area (Å²) in [6.45, 7) is 0. The largest absolute Gasteiger partial charge is 1.00 e. The molecule has 0 aliphatic heterocycles. The van der Waals surface area contributed by atoms with Crippen LogP contribution in [0.2, 0.25) is 0 Å². The van der Waals surface area contributed by atoms with Crippen molar-refractivity contribution in [2.75, 3.05) is 0 Å². The third-order valence-electron chi connectivity index (χ3n) is 0.498. The third-order valence-corrected chi connectivity index (χ3v) is 0.498. The molecule has 8 heteroatoms. The summed E-state index contributed by atoms with van der Waals surface area (Å²) in [6, 6.07) is 0. The zero-order valence-electron chi connectivity index (χ0n) is 5.15. The van der Waals surface area contributed by atoms with Crippen LogP contribution in [-0.2, 0) is 0 Å². The number of hydrogen-bond acceptors (Lipinski definition) is 0. The molecule has 0 heterocycles. The van der Waals surface area contributed by atoms with Crippen LogP contribution in [0.3, 0.4) is 0 Å². The van der Waals surface area contributed by atoms with Crippen LogP contribution in [0.4, 0.5) is 30.7 Å². The van der Waals surface area contributed by atoms with E-state index < -0.39 is 18.5 Å². The first-order valence-electron chi connectivity index (χ1n) is 1.82. The second-order valence-corrected chi connectivity index (χ2v) is 1.31. The fourth-order valence-corrected chi connectivity index (χ4v) is 0.161. The first-order chi connectivity index (χ1) is 4.15. The Kier molecular flexibility index (Phi) is 4.57. The van der Waals surface area contributed by atoms with Gasteiger partial charge in [0.15, 0.2) is 0 Å². The molecule has 11 heavy (non-hydrogen) atoms. The van der Waals surface area contributed by atoms with Crippen LogP contribution >= 0.6 is 0 Å². The van der Waals surface area contributed by atoms with E-state index in [2.05, 4.69) is 0 Å². The van der Waals surface area contributed by atoms with Crippen molar-refractivity contribution in [2.24, 2.45) is 0 Å². The van der Waals surface area contributed by atoms with Crippen molar-refractivity contribution < 1.29 is 49.6 Å². The minimum absolute atomic E-state index is 0. The number of alkyl halides is 6. The molecule has 0 atom stereocenters. The van der Waals surface area contributed by atoms with Crippen LogP contribution in [0.5, 0.6) is 0 Å². The maximum Gasteiger partial charge on any atom is 1.00 e. The molecule has 0 amide bonds. The maximum absolute atomic E-state index is 11.1. The molecule has 0 rings (SSSR count). The molecular formula is C3F7Li. The monoisotopic (exact) mass is 176 g/mol. The van der Waals surface area contributed by atoms with Gasteiger partial charge in [0, 0.05) is 6.17 Å². The molecular weight excluding hydrogens is 176 g/mol. The van der Waals surface area contributed by atoms with Crippen molar-refractivity contribution in [2.45, 2.75) is 12.4 Å². The average Bonchev–Trinajstić information content (AvgIpc) is 1.59. The molecule has 0 aromatic rings. The molecule has 0 saturated carbocycles. The van der Waals surface area contributed by atoms with E-state index >= 15 is 0 Å². The van der Waals surface area contributed by atoms with Crippen LogP contribution in [0, 0.1) is 6.17 Å². The van der Waals surface area contributed by atoms with Gasteiger partial charge in [0.05, 0.1) is 0 Å². The summed E-state index contributed by atoms with van der Waals surface area (Å²) in [7, 11) is 0. The summed E-state index contributed by atoms with van der Waals surface area (Å²) in [4.78, 5) is 0. The summed E-state index contributed by atoms with van der Waals surface area (Å²) < 4.78 is 76.0. The van der Waals surface area contributed by atoms with Crippen LogP contribution in [0.15, 0.2) is 0 Å². The van der Waals surface area contributed by atoms with Crippen molar-refractivity contribution in [1.29, 1.82) is 0 Å². The topological polar surface area (TPSA) is 0 Å². The first kappa shape index (κ1) is 13.7. The average molecular weight is 176 g/mol. The van der Waals surface area contributed by atoms with E-state index in [0.717, 1.165) is 0 Å². The number of rotatable bonds is 0. The van der Waals surface area contributed by atoms with Gasteiger partial charge in [-0.2, -0.15) is 0 Å².